The number of carbonyl (C=O) groups is 2. The Balaban J connectivity index is 1.79. The molecule has 3 rings (SSSR count). The number of hydrogen-bond acceptors (Lipinski definition) is 4. The molecule has 2 aromatic heterocycles. The number of benzene rings is 1. The third-order valence-corrected chi connectivity index (χ3v) is 4.41. The molecule has 0 atom stereocenters. The van der Waals surface area contributed by atoms with Crippen molar-refractivity contribution >= 4 is 23.2 Å². The smallest absolute Gasteiger partial charge is 0.320 e. The molecule has 0 aliphatic heterocycles. The summed E-state index contributed by atoms with van der Waals surface area (Å²) >= 11 is 0. The van der Waals surface area contributed by atoms with Crippen LogP contribution in [0.5, 0.6) is 0 Å². The maximum Gasteiger partial charge on any atom is 0.333 e. The first kappa shape index (κ1) is 21.1. The number of halogens is 3. The van der Waals surface area contributed by atoms with Crippen LogP contribution >= 0.6 is 0 Å². The number of amides is 2. The minimum absolute atomic E-state index is 0.0182. The predicted octanol–water partition coefficient (Wildman–Crippen LogP) is 3.76. The molecule has 2 N–H and O–H groups in total. The minimum atomic E-state index is -2.89. The third-order valence-electron chi connectivity index (χ3n) is 4.41. The lowest BCUT2D eigenvalue weighted by molar-refractivity contribution is 0.0540. The zero-order valence-corrected chi connectivity index (χ0v) is 16.4. The second-order valence-electron chi connectivity index (χ2n) is 6.49. The van der Waals surface area contributed by atoms with E-state index in [0.29, 0.717) is 16.9 Å². The summed E-state index contributed by atoms with van der Waals surface area (Å²) in [5, 5.41) is 12.7. The summed E-state index contributed by atoms with van der Waals surface area (Å²) in [7, 11) is 0. The minimum Gasteiger partial charge on any atom is -0.320 e. The van der Waals surface area contributed by atoms with E-state index in [4.69, 9.17) is 0 Å². The van der Waals surface area contributed by atoms with Gasteiger partial charge in [0, 0.05) is 23.5 Å². The first-order valence-electron chi connectivity index (χ1n) is 8.99. The molecular formula is C19H19F3N6O2. The molecule has 0 fully saturated rings. The van der Waals surface area contributed by atoms with E-state index in [2.05, 4.69) is 20.8 Å². The molecule has 0 aliphatic carbocycles. The van der Waals surface area contributed by atoms with Crippen molar-refractivity contribution in [1.82, 2.24) is 19.6 Å². The van der Waals surface area contributed by atoms with Crippen molar-refractivity contribution in [3.63, 3.8) is 0 Å². The molecule has 8 nitrogen and oxygen atoms in total. The Bertz CT molecular complexity index is 1110. The van der Waals surface area contributed by atoms with Gasteiger partial charge < -0.3 is 10.6 Å². The van der Waals surface area contributed by atoms with Crippen LogP contribution in [0, 0.1) is 19.7 Å². The van der Waals surface area contributed by atoms with Crippen LogP contribution in [0.25, 0.3) is 0 Å². The standard InChI is InChI=1S/C19H19F3N6O2/c1-4-27-11(3)16(9-23-27)25-17(29)12-6-13(20)8-14(7-12)24-18(30)15-5-10(2)28(26-15)19(21)22/h5-9,19H,4H2,1-3H3,(H,24,30)(H,25,29). The lowest BCUT2D eigenvalue weighted by atomic mass is 10.1. The van der Waals surface area contributed by atoms with Gasteiger partial charge in [-0.2, -0.15) is 19.0 Å². The van der Waals surface area contributed by atoms with E-state index in [9.17, 15) is 22.8 Å². The first-order chi connectivity index (χ1) is 14.2. The predicted molar refractivity (Wildman–Crippen MR) is 103 cm³/mol. The summed E-state index contributed by atoms with van der Waals surface area (Å²) < 4.78 is 41.8. The van der Waals surface area contributed by atoms with Crippen molar-refractivity contribution < 1.29 is 22.8 Å². The Hall–Kier alpha value is -3.63. The van der Waals surface area contributed by atoms with Crippen LogP contribution in [0.4, 0.5) is 24.5 Å². The highest BCUT2D eigenvalue weighted by Gasteiger charge is 2.18. The molecule has 2 heterocycles. The van der Waals surface area contributed by atoms with Gasteiger partial charge in [0.2, 0.25) is 0 Å². The fourth-order valence-electron chi connectivity index (χ4n) is 2.87. The summed E-state index contributed by atoms with van der Waals surface area (Å²) in [6.45, 7) is 2.79. The van der Waals surface area contributed by atoms with Crippen molar-refractivity contribution in [3.05, 3.63) is 58.9 Å². The fourth-order valence-corrected chi connectivity index (χ4v) is 2.87. The third kappa shape index (κ3) is 4.34. The highest BCUT2D eigenvalue weighted by Crippen LogP contribution is 2.20. The molecule has 0 aliphatic rings. The summed E-state index contributed by atoms with van der Waals surface area (Å²) in [6, 6.07) is 4.47. The van der Waals surface area contributed by atoms with Gasteiger partial charge in [-0.25, -0.2) is 9.07 Å². The van der Waals surface area contributed by atoms with Crippen molar-refractivity contribution in [2.24, 2.45) is 0 Å². The van der Waals surface area contributed by atoms with Crippen LogP contribution in [0.1, 0.15) is 45.7 Å². The van der Waals surface area contributed by atoms with Crippen LogP contribution in [0.15, 0.2) is 30.5 Å². The van der Waals surface area contributed by atoms with Crippen molar-refractivity contribution in [1.29, 1.82) is 0 Å². The largest absolute Gasteiger partial charge is 0.333 e. The Kier molecular flexibility index (Phi) is 5.90. The van der Waals surface area contributed by atoms with Gasteiger partial charge in [0.15, 0.2) is 5.69 Å². The molecule has 0 saturated carbocycles. The number of carbonyl (C=O) groups excluding carboxylic acids is 2. The zero-order chi connectivity index (χ0) is 22.0. The van der Waals surface area contributed by atoms with Gasteiger partial charge in [-0.15, -0.1) is 0 Å². The number of anilines is 2. The van der Waals surface area contributed by atoms with E-state index in [-0.39, 0.29) is 22.6 Å². The quantitative estimate of drug-likeness (QED) is 0.635. The van der Waals surface area contributed by atoms with Gasteiger partial charge in [0.25, 0.3) is 11.8 Å². The van der Waals surface area contributed by atoms with Gasteiger partial charge in [-0.3, -0.25) is 14.3 Å². The normalized spacial score (nSPS) is 11.0. The fraction of sp³-hybridized carbons (Fsp3) is 0.263. The molecule has 0 radical (unpaired) electrons. The molecule has 1 aromatic carbocycles. The molecule has 11 heteroatoms. The molecular weight excluding hydrogens is 401 g/mol. The maximum absolute atomic E-state index is 14.0. The molecule has 158 valence electrons. The van der Waals surface area contributed by atoms with Crippen molar-refractivity contribution in [3.8, 4) is 0 Å². The molecule has 2 amide bonds. The van der Waals surface area contributed by atoms with Gasteiger partial charge in [0.1, 0.15) is 5.82 Å². The summed E-state index contributed by atoms with van der Waals surface area (Å²) in [4.78, 5) is 24.8. The molecule has 30 heavy (non-hydrogen) atoms. The van der Waals surface area contributed by atoms with Gasteiger partial charge in [-0.05, 0) is 45.0 Å². The lowest BCUT2D eigenvalue weighted by Gasteiger charge is -2.09. The first-order valence-corrected chi connectivity index (χ1v) is 8.99. The lowest BCUT2D eigenvalue weighted by Crippen LogP contribution is -2.16. The number of alkyl halides is 2. The average Bonchev–Trinajstić information content (AvgIpc) is 3.24. The van der Waals surface area contributed by atoms with Crippen LogP contribution < -0.4 is 10.6 Å². The van der Waals surface area contributed by atoms with Gasteiger partial charge in [0.05, 0.1) is 17.6 Å². The number of nitrogens with zero attached hydrogens (tertiary/aromatic N) is 4. The SMILES string of the molecule is CCn1ncc(NC(=O)c2cc(F)cc(NC(=O)c3cc(C)n(C(F)F)n3)c2)c1C. The topological polar surface area (TPSA) is 93.8 Å². The van der Waals surface area contributed by atoms with E-state index in [1.54, 1.807) is 11.6 Å². The molecule has 0 unspecified atom stereocenters. The second-order valence-corrected chi connectivity index (χ2v) is 6.49. The molecule has 0 saturated heterocycles. The van der Waals surface area contributed by atoms with E-state index >= 15 is 0 Å². The number of nitrogens with one attached hydrogen (secondary N) is 2. The number of hydrogen-bond donors (Lipinski definition) is 2. The summed E-state index contributed by atoms with van der Waals surface area (Å²) in [6.07, 6.45) is 1.49. The number of aryl methyl sites for hydroxylation is 2. The highest BCUT2D eigenvalue weighted by molar-refractivity contribution is 6.07. The molecule has 0 bridgehead atoms. The Morgan fingerprint density at radius 2 is 1.83 bits per heavy atom. The molecule has 3 aromatic rings. The van der Waals surface area contributed by atoms with E-state index in [0.717, 1.165) is 17.8 Å². The Morgan fingerprint density at radius 1 is 1.10 bits per heavy atom. The van der Waals surface area contributed by atoms with Crippen molar-refractivity contribution in [2.75, 3.05) is 10.6 Å². The zero-order valence-electron chi connectivity index (χ0n) is 16.4. The highest BCUT2D eigenvalue weighted by atomic mass is 19.3. The van der Waals surface area contributed by atoms with E-state index < -0.39 is 24.2 Å². The van der Waals surface area contributed by atoms with Crippen LogP contribution in [0.2, 0.25) is 0 Å². The molecule has 0 spiro atoms. The second kappa shape index (κ2) is 8.39. The monoisotopic (exact) mass is 420 g/mol. The Morgan fingerprint density at radius 3 is 2.43 bits per heavy atom. The maximum atomic E-state index is 14.0. The summed E-state index contributed by atoms with van der Waals surface area (Å²) in [5.74, 6) is -2.16. The Labute approximate surface area is 169 Å². The van der Waals surface area contributed by atoms with Crippen molar-refractivity contribution in [2.45, 2.75) is 33.9 Å². The van der Waals surface area contributed by atoms with Gasteiger partial charge in [-0.1, -0.05) is 0 Å². The number of rotatable bonds is 6. The van der Waals surface area contributed by atoms with E-state index in [1.807, 2.05) is 6.92 Å². The average molecular weight is 420 g/mol. The van der Waals surface area contributed by atoms with Crippen LogP contribution in [-0.2, 0) is 6.54 Å². The number of aromatic nitrogens is 4. The summed E-state index contributed by atoms with van der Waals surface area (Å²) in [5.41, 5.74) is 0.993. The van der Waals surface area contributed by atoms with E-state index in [1.165, 1.54) is 25.3 Å². The van der Waals surface area contributed by atoms with Crippen LogP contribution in [0.3, 0.4) is 0 Å². The van der Waals surface area contributed by atoms with Gasteiger partial charge >= 0.3 is 6.55 Å². The van der Waals surface area contributed by atoms with Crippen LogP contribution in [-0.4, -0.2) is 31.4 Å².